The lowest BCUT2D eigenvalue weighted by atomic mass is 9.99. The molecule has 106 valence electrons. The van der Waals surface area contributed by atoms with E-state index in [1.54, 1.807) is 12.1 Å². The fourth-order valence-corrected chi connectivity index (χ4v) is 2.92. The Morgan fingerprint density at radius 1 is 1.15 bits per heavy atom. The van der Waals surface area contributed by atoms with Crippen molar-refractivity contribution in [3.05, 3.63) is 62.3 Å². The van der Waals surface area contributed by atoms with Crippen molar-refractivity contribution in [2.45, 2.75) is 13.0 Å². The van der Waals surface area contributed by atoms with Crippen LogP contribution in [0.15, 0.2) is 45.3 Å². The Labute approximate surface area is 134 Å². The van der Waals surface area contributed by atoms with Crippen LogP contribution in [0.2, 0.25) is 0 Å². The Kier molecular flexibility index (Phi) is 5.18. The Balaban J connectivity index is 2.38. The van der Waals surface area contributed by atoms with Gasteiger partial charge >= 0.3 is 0 Å². The van der Waals surface area contributed by atoms with Gasteiger partial charge in [0.2, 0.25) is 0 Å². The van der Waals surface area contributed by atoms with Crippen LogP contribution < -0.4 is 10.5 Å². The van der Waals surface area contributed by atoms with Crippen LogP contribution in [0.4, 0.5) is 4.39 Å². The molecule has 0 bridgehead atoms. The van der Waals surface area contributed by atoms with Crippen molar-refractivity contribution in [1.82, 2.24) is 0 Å². The average Bonchev–Trinajstić information content (AvgIpc) is 2.41. The molecule has 2 aromatic rings. The van der Waals surface area contributed by atoms with Crippen LogP contribution in [0.1, 0.15) is 24.1 Å². The van der Waals surface area contributed by atoms with Crippen LogP contribution in [0.5, 0.6) is 5.75 Å². The van der Waals surface area contributed by atoms with E-state index in [1.165, 1.54) is 6.07 Å². The molecule has 0 radical (unpaired) electrons. The van der Waals surface area contributed by atoms with Crippen molar-refractivity contribution in [3.63, 3.8) is 0 Å². The zero-order valence-corrected chi connectivity index (χ0v) is 14.0. The number of halogens is 3. The van der Waals surface area contributed by atoms with Gasteiger partial charge < -0.3 is 10.5 Å². The van der Waals surface area contributed by atoms with Gasteiger partial charge in [-0.2, -0.15) is 0 Å². The number of nitrogens with two attached hydrogens (primary N) is 1. The van der Waals surface area contributed by atoms with Crippen LogP contribution in [0, 0.1) is 5.82 Å². The number of hydrogen-bond acceptors (Lipinski definition) is 2. The van der Waals surface area contributed by atoms with Crippen molar-refractivity contribution in [1.29, 1.82) is 0 Å². The van der Waals surface area contributed by atoms with Gasteiger partial charge in [0.1, 0.15) is 11.6 Å². The van der Waals surface area contributed by atoms with E-state index in [0.717, 1.165) is 20.3 Å². The predicted octanol–water partition coefficient (Wildman–Crippen LogP) is 4.80. The molecule has 0 saturated carbocycles. The lowest BCUT2D eigenvalue weighted by molar-refractivity contribution is 0.340. The summed E-state index contributed by atoms with van der Waals surface area (Å²) in [6.07, 6.45) is 0. The van der Waals surface area contributed by atoms with Crippen LogP contribution in [0.3, 0.4) is 0 Å². The summed E-state index contributed by atoms with van der Waals surface area (Å²) in [5.74, 6) is 0.437. The minimum absolute atomic E-state index is 0.318. The van der Waals surface area contributed by atoms with Gasteiger partial charge in [-0.05, 0) is 42.8 Å². The summed E-state index contributed by atoms with van der Waals surface area (Å²) in [7, 11) is 0. The zero-order valence-electron chi connectivity index (χ0n) is 10.9. The summed E-state index contributed by atoms with van der Waals surface area (Å²) in [5.41, 5.74) is 7.44. The molecule has 0 aliphatic rings. The minimum atomic E-state index is -0.544. The minimum Gasteiger partial charge on any atom is -0.494 e. The molecule has 0 aliphatic heterocycles. The summed E-state index contributed by atoms with van der Waals surface area (Å²) in [6, 6.07) is 9.73. The second-order valence-electron chi connectivity index (χ2n) is 4.26. The third-order valence-corrected chi connectivity index (χ3v) is 4.09. The highest BCUT2D eigenvalue weighted by molar-refractivity contribution is 9.10. The Bertz CT molecular complexity index is 619. The summed E-state index contributed by atoms with van der Waals surface area (Å²) in [5, 5.41) is 0. The fourth-order valence-electron chi connectivity index (χ4n) is 1.94. The van der Waals surface area contributed by atoms with E-state index in [-0.39, 0.29) is 5.82 Å². The highest BCUT2D eigenvalue weighted by Crippen LogP contribution is 2.32. The van der Waals surface area contributed by atoms with Gasteiger partial charge in [-0.25, -0.2) is 4.39 Å². The first-order chi connectivity index (χ1) is 9.52. The molecule has 2 rings (SSSR count). The smallest absolute Gasteiger partial charge is 0.128 e. The third kappa shape index (κ3) is 3.40. The molecule has 2 N–H and O–H groups in total. The molecule has 0 heterocycles. The SMILES string of the molecule is CCOc1ccc(C(N)c2cc(Br)ccc2F)c(Br)c1. The number of rotatable bonds is 4. The number of ether oxygens (including phenoxy) is 1. The van der Waals surface area contributed by atoms with Crippen molar-refractivity contribution in [2.24, 2.45) is 5.73 Å². The molecule has 20 heavy (non-hydrogen) atoms. The molecular formula is C15H14Br2FNO. The molecule has 1 unspecified atom stereocenters. The summed E-state index contributed by atoms with van der Waals surface area (Å²) in [6.45, 7) is 2.52. The number of hydrogen-bond donors (Lipinski definition) is 1. The maximum Gasteiger partial charge on any atom is 0.128 e. The fraction of sp³-hybridized carbons (Fsp3) is 0.200. The molecule has 0 spiro atoms. The van der Waals surface area contributed by atoms with Gasteiger partial charge in [0.15, 0.2) is 0 Å². The van der Waals surface area contributed by atoms with Crippen molar-refractivity contribution >= 4 is 31.9 Å². The average molecular weight is 403 g/mol. The van der Waals surface area contributed by atoms with Crippen molar-refractivity contribution < 1.29 is 9.13 Å². The van der Waals surface area contributed by atoms with Crippen molar-refractivity contribution in [2.75, 3.05) is 6.61 Å². The standard InChI is InChI=1S/C15H14Br2FNO/c1-2-20-10-4-5-11(13(17)8-10)15(19)12-7-9(16)3-6-14(12)18/h3-8,15H,2,19H2,1H3. The van der Waals surface area contributed by atoms with Gasteiger partial charge in [-0.1, -0.05) is 37.9 Å². The lowest BCUT2D eigenvalue weighted by Gasteiger charge is -2.16. The van der Waals surface area contributed by atoms with E-state index in [2.05, 4.69) is 31.9 Å². The van der Waals surface area contributed by atoms with E-state index >= 15 is 0 Å². The predicted molar refractivity (Wildman–Crippen MR) is 85.4 cm³/mol. The molecule has 0 aromatic heterocycles. The largest absolute Gasteiger partial charge is 0.494 e. The maximum atomic E-state index is 13.9. The van der Waals surface area contributed by atoms with Crippen LogP contribution in [-0.4, -0.2) is 6.61 Å². The van der Waals surface area contributed by atoms with Gasteiger partial charge in [-0.15, -0.1) is 0 Å². The van der Waals surface area contributed by atoms with Gasteiger partial charge in [0.25, 0.3) is 0 Å². The first-order valence-corrected chi connectivity index (χ1v) is 7.74. The van der Waals surface area contributed by atoms with Crippen LogP contribution in [-0.2, 0) is 0 Å². The quantitative estimate of drug-likeness (QED) is 0.797. The molecule has 1 atom stereocenters. The summed E-state index contributed by atoms with van der Waals surface area (Å²) < 4.78 is 20.9. The molecule has 2 nitrogen and oxygen atoms in total. The maximum absolute atomic E-state index is 13.9. The second kappa shape index (κ2) is 6.70. The lowest BCUT2D eigenvalue weighted by Crippen LogP contribution is -2.14. The first kappa shape index (κ1) is 15.5. The van der Waals surface area contributed by atoms with Crippen LogP contribution >= 0.6 is 31.9 Å². The van der Waals surface area contributed by atoms with Gasteiger partial charge in [-0.3, -0.25) is 0 Å². The second-order valence-corrected chi connectivity index (χ2v) is 6.03. The molecule has 0 saturated heterocycles. The van der Waals surface area contributed by atoms with Crippen LogP contribution in [0.25, 0.3) is 0 Å². The van der Waals surface area contributed by atoms with Crippen molar-refractivity contribution in [3.8, 4) is 5.75 Å². The monoisotopic (exact) mass is 401 g/mol. The number of benzene rings is 2. The first-order valence-electron chi connectivity index (χ1n) is 6.15. The third-order valence-electron chi connectivity index (χ3n) is 2.91. The Morgan fingerprint density at radius 2 is 1.90 bits per heavy atom. The molecule has 0 aliphatic carbocycles. The molecule has 2 aromatic carbocycles. The summed E-state index contributed by atoms with van der Waals surface area (Å²) in [4.78, 5) is 0. The normalized spacial score (nSPS) is 12.2. The van der Waals surface area contributed by atoms with E-state index in [0.29, 0.717) is 12.2 Å². The Hall–Kier alpha value is -0.910. The van der Waals surface area contributed by atoms with E-state index in [9.17, 15) is 4.39 Å². The van der Waals surface area contributed by atoms with Gasteiger partial charge in [0, 0.05) is 14.5 Å². The van der Waals surface area contributed by atoms with E-state index in [1.807, 2.05) is 25.1 Å². The molecule has 5 heteroatoms. The topological polar surface area (TPSA) is 35.2 Å². The highest BCUT2D eigenvalue weighted by atomic mass is 79.9. The zero-order chi connectivity index (χ0) is 14.7. The summed E-state index contributed by atoms with van der Waals surface area (Å²) >= 11 is 6.80. The molecular weight excluding hydrogens is 389 g/mol. The molecule has 0 amide bonds. The van der Waals surface area contributed by atoms with E-state index in [4.69, 9.17) is 10.5 Å². The Morgan fingerprint density at radius 3 is 2.55 bits per heavy atom. The molecule has 0 fully saturated rings. The van der Waals surface area contributed by atoms with Gasteiger partial charge in [0.05, 0.1) is 12.6 Å². The van der Waals surface area contributed by atoms with E-state index < -0.39 is 6.04 Å². The highest BCUT2D eigenvalue weighted by Gasteiger charge is 2.17.